The monoisotopic (exact) mass is 181 g/mol. The molecule has 0 heterocycles. The fourth-order valence-electron chi connectivity index (χ4n) is 0.723. The maximum Gasteiger partial charge on any atom is 0.117 e. The lowest BCUT2D eigenvalue weighted by atomic mass is 10.4. The number of ether oxygens (including phenoxy) is 1. The summed E-state index contributed by atoms with van der Waals surface area (Å²) in [5.74, 6) is 0. The van der Waals surface area contributed by atoms with Crippen molar-refractivity contribution in [2.75, 3.05) is 19.8 Å². The van der Waals surface area contributed by atoms with Crippen molar-refractivity contribution in [2.45, 2.75) is 13.3 Å². The molecular weight excluding hydrogens is 166 g/mol. The van der Waals surface area contributed by atoms with Gasteiger partial charge in [-0.25, -0.2) is 0 Å². The molecule has 0 aromatic heterocycles. The number of allylic oxidation sites excluding steroid dienone is 2. The maximum atomic E-state index is 8.53. The van der Waals surface area contributed by atoms with Crippen molar-refractivity contribution in [3.05, 3.63) is 11.8 Å². The van der Waals surface area contributed by atoms with Crippen LogP contribution in [0.5, 0.6) is 0 Å². The van der Waals surface area contributed by atoms with Crippen LogP contribution in [-0.2, 0) is 4.74 Å². The third-order valence-electron chi connectivity index (χ3n) is 1.28. The second-order valence-corrected chi connectivity index (χ2v) is 2.40. The summed E-state index contributed by atoms with van der Waals surface area (Å²) in [4.78, 5) is 0. The summed E-state index contributed by atoms with van der Waals surface area (Å²) in [6.07, 6.45) is 3.50. The zero-order chi connectivity index (χ0) is 9.94. The van der Waals surface area contributed by atoms with E-state index in [-0.39, 0.29) is 0 Å². The molecule has 4 heteroatoms. The van der Waals surface area contributed by atoms with Gasteiger partial charge in [0.2, 0.25) is 0 Å². The molecule has 2 N–H and O–H groups in total. The van der Waals surface area contributed by atoms with Crippen molar-refractivity contribution < 1.29 is 4.74 Å². The van der Waals surface area contributed by atoms with Gasteiger partial charge < -0.3 is 15.5 Å². The summed E-state index contributed by atoms with van der Waals surface area (Å²) in [7, 11) is 0. The Hall–Kier alpha value is -1.34. The van der Waals surface area contributed by atoms with Crippen LogP contribution in [0.3, 0.4) is 0 Å². The highest BCUT2D eigenvalue weighted by Crippen LogP contribution is 1.84. The van der Waals surface area contributed by atoms with Gasteiger partial charge in [0.1, 0.15) is 11.8 Å². The van der Waals surface area contributed by atoms with Crippen molar-refractivity contribution in [2.24, 2.45) is 0 Å². The molecule has 0 bridgehead atoms. The van der Waals surface area contributed by atoms with Crippen LogP contribution in [0.1, 0.15) is 13.3 Å². The lowest BCUT2D eigenvalue weighted by molar-refractivity contribution is 0.138. The van der Waals surface area contributed by atoms with Crippen LogP contribution in [0.15, 0.2) is 11.8 Å². The number of nitrogens with one attached hydrogen (secondary N) is 2. The van der Waals surface area contributed by atoms with Crippen LogP contribution in [-0.4, -0.2) is 26.0 Å². The average Bonchev–Trinajstić information content (AvgIpc) is 2.16. The summed E-state index contributed by atoms with van der Waals surface area (Å²) < 4.78 is 5.20. The van der Waals surface area contributed by atoms with E-state index in [1.165, 1.54) is 6.08 Å². The third-order valence-corrected chi connectivity index (χ3v) is 1.28. The summed E-state index contributed by atoms with van der Waals surface area (Å²) in [6, 6.07) is 1.94. The van der Waals surface area contributed by atoms with Crippen molar-refractivity contribution in [1.82, 2.24) is 5.32 Å². The molecular formula is C9H15N3O. The Morgan fingerprint density at radius 3 is 2.92 bits per heavy atom. The summed E-state index contributed by atoms with van der Waals surface area (Å²) >= 11 is 0. The standard InChI is InChI=1S/C9H15N3O/c1-2-6-13-7-5-12-9(8-11)3-4-10/h3-4,10,12H,2,5-7H2,1H3/b9-3-,10-4?. The molecule has 0 radical (unpaired) electrons. The normalized spacial score (nSPS) is 10.6. The first-order chi connectivity index (χ1) is 6.35. The smallest absolute Gasteiger partial charge is 0.117 e. The zero-order valence-electron chi connectivity index (χ0n) is 7.84. The summed E-state index contributed by atoms with van der Waals surface area (Å²) in [5.41, 5.74) is 0.398. The van der Waals surface area contributed by atoms with Gasteiger partial charge in [0, 0.05) is 19.4 Å². The van der Waals surface area contributed by atoms with Crippen LogP contribution in [0.4, 0.5) is 0 Å². The fraction of sp³-hybridized carbons (Fsp3) is 0.556. The highest BCUT2D eigenvalue weighted by Gasteiger charge is 1.91. The molecule has 0 spiro atoms. The first kappa shape index (κ1) is 11.7. The Balaban J connectivity index is 3.46. The number of hydrogen-bond acceptors (Lipinski definition) is 4. The van der Waals surface area contributed by atoms with Crippen molar-refractivity contribution in [3.63, 3.8) is 0 Å². The predicted molar refractivity (Wildman–Crippen MR) is 51.6 cm³/mol. The largest absolute Gasteiger partial charge is 0.380 e. The van der Waals surface area contributed by atoms with Gasteiger partial charge in [-0.1, -0.05) is 6.92 Å². The topological polar surface area (TPSA) is 68.9 Å². The minimum absolute atomic E-state index is 0.398. The molecule has 0 atom stereocenters. The van der Waals surface area contributed by atoms with Gasteiger partial charge in [0.05, 0.1) is 6.61 Å². The number of nitriles is 1. The predicted octanol–water partition coefficient (Wildman–Crippen LogP) is 1.06. The van der Waals surface area contributed by atoms with Crippen LogP contribution in [0, 0.1) is 16.7 Å². The Kier molecular flexibility index (Phi) is 7.85. The SMILES string of the molecule is CCCOCCN/C(C#N)=C\C=N. The molecule has 0 aliphatic carbocycles. The Morgan fingerprint density at radius 1 is 1.62 bits per heavy atom. The van der Waals surface area contributed by atoms with Gasteiger partial charge in [-0.05, 0) is 12.5 Å². The van der Waals surface area contributed by atoms with E-state index in [2.05, 4.69) is 5.32 Å². The number of hydrogen-bond donors (Lipinski definition) is 2. The summed E-state index contributed by atoms with van der Waals surface area (Å²) in [5, 5.41) is 18.1. The van der Waals surface area contributed by atoms with E-state index in [1.807, 2.05) is 13.0 Å². The van der Waals surface area contributed by atoms with Gasteiger partial charge >= 0.3 is 0 Å². The molecule has 0 saturated heterocycles. The first-order valence-corrected chi connectivity index (χ1v) is 4.27. The van der Waals surface area contributed by atoms with Crippen LogP contribution < -0.4 is 5.32 Å². The first-order valence-electron chi connectivity index (χ1n) is 4.27. The van der Waals surface area contributed by atoms with Gasteiger partial charge in [-0.3, -0.25) is 0 Å². The molecule has 0 aromatic carbocycles. The minimum atomic E-state index is 0.398. The molecule has 0 fully saturated rings. The Bertz CT molecular complexity index is 205. The van der Waals surface area contributed by atoms with E-state index in [9.17, 15) is 0 Å². The maximum absolute atomic E-state index is 8.53. The number of nitrogens with zero attached hydrogens (tertiary/aromatic N) is 1. The van der Waals surface area contributed by atoms with Crippen molar-refractivity contribution in [3.8, 4) is 6.07 Å². The van der Waals surface area contributed by atoms with Crippen molar-refractivity contribution >= 4 is 6.21 Å². The molecule has 0 unspecified atom stereocenters. The van der Waals surface area contributed by atoms with Crippen LogP contribution in [0.2, 0.25) is 0 Å². The van der Waals surface area contributed by atoms with E-state index in [1.54, 1.807) is 0 Å². The Morgan fingerprint density at radius 2 is 2.38 bits per heavy atom. The Labute approximate surface area is 78.7 Å². The van der Waals surface area contributed by atoms with Gasteiger partial charge in [-0.15, -0.1) is 0 Å². The second-order valence-electron chi connectivity index (χ2n) is 2.40. The average molecular weight is 181 g/mol. The quantitative estimate of drug-likeness (QED) is 0.350. The fourth-order valence-corrected chi connectivity index (χ4v) is 0.723. The lowest BCUT2D eigenvalue weighted by Gasteiger charge is -2.04. The van der Waals surface area contributed by atoms with E-state index >= 15 is 0 Å². The molecule has 13 heavy (non-hydrogen) atoms. The molecule has 0 saturated carbocycles. The molecule has 0 rings (SSSR count). The molecule has 0 aromatic rings. The van der Waals surface area contributed by atoms with Crippen molar-refractivity contribution in [1.29, 1.82) is 10.7 Å². The van der Waals surface area contributed by atoms with Gasteiger partial charge in [0.15, 0.2) is 0 Å². The lowest BCUT2D eigenvalue weighted by Crippen LogP contribution is -2.18. The molecule has 4 nitrogen and oxygen atoms in total. The van der Waals surface area contributed by atoms with Crippen LogP contribution >= 0.6 is 0 Å². The molecule has 0 aliphatic rings. The minimum Gasteiger partial charge on any atom is -0.380 e. The highest BCUT2D eigenvalue weighted by atomic mass is 16.5. The van der Waals surface area contributed by atoms with E-state index in [0.29, 0.717) is 18.8 Å². The highest BCUT2D eigenvalue weighted by molar-refractivity contribution is 5.69. The van der Waals surface area contributed by atoms with E-state index < -0.39 is 0 Å². The third kappa shape index (κ3) is 7.04. The second kappa shape index (κ2) is 8.75. The molecule has 0 amide bonds. The summed E-state index contributed by atoms with van der Waals surface area (Å²) in [6.45, 7) is 3.99. The zero-order valence-corrected chi connectivity index (χ0v) is 7.84. The number of rotatable bonds is 7. The van der Waals surface area contributed by atoms with Gasteiger partial charge in [-0.2, -0.15) is 5.26 Å². The van der Waals surface area contributed by atoms with Gasteiger partial charge in [0.25, 0.3) is 0 Å². The van der Waals surface area contributed by atoms with E-state index in [0.717, 1.165) is 19.2 Å². The molecule has 0 aliphatic heterocycles. The molecule has 72 valence electrons. The van der Waals surface area contributed by atoms with Crippen LogP contribution in [0.25, 0.3) is 0 Å². The van der Waals surface area contributed by atoms with E-state index in [4.69, 9.17) is 15.4 Å².